The van der Waals surface area contributed by atoms with E-state index in [1.807, 2.05) is 6.07 Å². The first-order valence-corrected chi connectivity index (χ1v) is 5.47. The highest BCUT2D eigenvalue weighted by Gasteiger charge is 2.08. The second-order valence-electron chi connectivity index (χ2n) is 4.03. The van der Waals surface area contributed by atoms with Gasteiger partial charge in [0.25, 0.3) is 0 Å². The van der Waals surface area contributed by atoms with Gasteiger partial charge in [0.05, 0.1) is 5.52 Å². The normalized spacial score (nSPS) is 10.9. The van der Waals surface area contributed by atoms with Gasteiger partial charge in [-0.05, 0) is 37.1 Å². The van der Waals surface area contributed by atoms with E-state index in [-0.39, 0.29) is 5.82 Å². The molecule has 0 saturated heterocycles. The van der Waals surface area contributed by atoms with Crippen LogP contribution in [0.15, 0.2) is 18.2 Å². The van der Waals surface area contributed by atoms with Gasteiger partial charge in [0.1, 0.15) is 11.6 Å². The molecule has 0 saturated carbocycles. The molecule has 1 aromatic carbocycles. The molecule has 1 heterocycles. The number of halogens is 1. The number of aryl methyl sites for hydroxylation is 2. The number of anilines is 1. The Morgan fingerprint density at radius 2 is 2.12 bits per heavy atom. The summed E-state index contributed by atoms with van der Waals surface area (Å²) in [6.07, 6.45) is 1.93. The van der Waals surface area contributed by atoms with E-state index in [1.165, 1.54) is 6.07 Å². The highest BCUT2D eigenvalue weighted by atomic mass is 19.1. The van der Waals surface area contributed by atoms with E-state index in [2.05, 4.69) is 11.9 Å². The molecule has 0 spiro atoms. The van der Waals surface area contributed by atoms with Crippen molar-refractivity contribution in [2.75, 3.05) is 5.73 Å². The van der Waals surface area contributed by atoms with Gasteiger partial charge in [-0.1, -0.05) is 13.3 Å². The van der Waals surface area contributed by atoms with Crippen molar-refractivity contribution in [1.82, 2.24) is 4.98 Å². The minimum Gasteiger partial charge on any atom is -0.383 e. The highest BCUT2D eigenvalue weighted by Crippen LogP contribution is 2.23. The molecule has 2 N–H and O–H groups in total. The Bertz CT molecular complexity index is 535. The Morgan fingerprint density at radius 3 is 2.81 bits per heavy atom. The molecule has 0 aliphatic heterocycles. The van der Waals surface area contributed by atoms with Crippen LogP contribution in [-0.2, 0) is 6.42 Å². The molecule has 2 aromatic rings. The summed E-state index contributed by atoms with van der Waals surface area (Å²) >= 11 is 0. The Hall–Kier alpha value is -1.64. The number of nitrogen functional groups attached to an aromatic ring is 1. The zero-order valence-corrected chi connectivity index (χ0v) is 9.55. The maximum Gasteiger partial charge on any atom is 0.128 e. The van der Waals surface area contributed by atoms with Gasteiger partial charge in [0.15, 0.2) is 0 Å². The fourth-order valence-corrected chi connectivity index (χ4v) is 1.88. The van der Waals surface area contributed by atoms with Crippen molar-refractivity contribution in [3.8, 4) is 0 Å². The minimum absolute atomic E-state index is 0.234. The Kier molecular flexibility index (Phi) is 2.77. The molecule has 16 heavy (non-hydrogen) atoms. The molecule has 0 amide bonds. The molecule has 84 valence electrons. The first-order valence-electron chi connectivity index (χ1n) is 5.47. The van der Waals surface area contributed by atoms with E-state index < -0.39 is 0 Å². The van der Waals surface area contributed by atoms with Gasteiger partial charge in [-0.2, -0.15) is 0 Å². The van der Waals surface area contributed by atoms with Crippen molar-refractivity contribution < 1.29 is 4.39 Å². The van der Waals surface area contributed by atoms with Crippen molar-refractivity contribution in [1.29, 1.82) is 0 Å². The average Bonchev–Trinajstić information content (AvgIpc) is 2.26. The SMILES string of the molecule is CCCc1cc2ccc(F)c(C)c2nc1N. The molecule has 0 radical (unpaired) electrons. The van der Waals surface area contributed by atoms with Crippen LogP contribution in [0.2, 0.25) is 0 Å². The lowest BCUT2D eigenvalue weighted by Crippen LogP contribution is -1.99. The largest absolute Gasteiger partial charge is 0.383 e. The molecule has 1 aromatic heterocycles. The fourth-order valence-electron chi connectivity index (χ4n) is 1.88. The minimum atomic E-state index is -0.234. The van der Waals surface area contributed by atoms with Crippen LogP contribution in [0.5, 0.6) is 0 Å². The van der Waals surface area contributed by atoms with Crippen molar-refractivity contribution in [3.63, 3.8) is 0 Å². The van der Waals surface area contributed by atoms with Crippen LogP contribution in [0, 0.1) is 12.7 Å². The van der Waals surface area contributed by atoms with Gasteiger partial charge < -0.3 is 5.73 Å². The maximum atomic E-state index is 13.3. The lowest BCUT2D eigenvalue weighted by atomic mass is 10.1. The number of nitrogens with zero attached hydrogens (tertiary/aromatic N) is 1. The molecule has 0 aliphatic rings. The summed E-state index contributed by atoms with van der Waals surface area (Å²) in [7, 11) is 0. The van der Waals surface area contributed by atoms with Crippen LogP contribution in [-0.4, -0.2) is 4.98 Å². The van der Waals surface area contributed by atoms with Gasteiger partial charge in [0, 0.05) is 10.9 Å². The van der Waals surface area contributed by atoms with Crippen molar-refractivity contribution in [2.24, 2.45) is 0 Å². The molecular formula is C13H15FN2. The molecule has 3 heteroatoms. The third-order valence-corrected chi connectivity index (χ3v) is 2.81. The number of benzene rings is 1. The number of aromatic nitrogens is 1. The zero-order chi connectivity index (χ0) is 11.7. The van der Waals surface area contributed by atoms with Crippen LogP contribution in [0.1, 0.15) is 24.5 Å². The Morgan fingerprint density at radius 1 is 1.38 bits per heavy atom. The second-order valence-corrected chi connectivity index (χ2v) is 4.03. The monoisotopic (exact) mass is 218 g/mol. The van der Waals surface area contributed by atoms with E-state index in [1.54, 1.807) is 13.0 Å². The van der Waals surface area contributed by atoms with Crippen LogP contribution in [0.25, 0.3) is 10.9 Å². The molecule has 0 atom stereocenters. The fraction of sp³-hybridized carbons (Fsp3) is 0.308. The van der Waals surface area contributed by atoms with Crippen LogP contribution in [0.4, 0.5) is 10.2 Å². The predicted molar refractivity (Wildman–Crippen MR) is 64.8 cm³/mol. The van der Waals surface area contributed by atoms with E-state index in [0.29, 0.717) is 16.9 Å². The number of fused-ring (bicyclic) bond motifs is 1. The average molecular weight is 218 g/mol. The number of hydrogen-bond donors (Lipinski definition) is 1. The summed E-state index contributed by atoms with van der Waals surface area (Å²) < 4.78 is 13.3. The number of nitrogens with two attached hydrogens (primary N) is 1. The lowest BCUT2D eigenvalue weighted by molar-refractivity contribution is 0.620. The summed E-state index contributed by atoms with van der Waals surface area (Å²) in [4.78, 5) is 4.29. The van der Waals surface area contributed by atoms with Crippen molar-refractivity contribution in [3.05, 3.63) is 35.1 Å². The van der Waals surface area contributed by atoms with Gasteiger partial charge in [-0.3, -0.25) is 0 Å². The summed E-state index contributed by atoms with van der Waals surface area (Å²) in [5.41, 5.74) is 8.13. The molecule has 0 aliphatic carbocycles. The Balaban J connectivity index is 2.69. The van der Waals surface area contributed by atoms with E-state index >= 15 is 0 Å². The van der Waals surface area contributed by atoms with Crippen LogP contribution in [0.3, 0.4) is 0 Å². The van der Waals surface area contributed by atoms with Crippen LogP contribution >= 0.6 is 0 Å². The smallest absolute Gasteiger partial charge is 0.128 e. The summed E-state index contributed by atoms with van der Waals surface area (Å²) in [6, 6.07) is 5.24. The van der Waals surface area contributed by atoms with Crippen molar-refractivity contribution in [2.45, 2.75) is 26.7 Å². The van der Waals surface area contributed by atoms with Gasteiger partial charge >= 0.3 is 0 Å². The van der Waals surface area contributed by atoms with Gasteiger partial charge in [-0.15, -0.1) is 0 Å². The van der Waals surface area contributed by atoms with Crippen LogP contribution < -0.4 is 5.73 Å². The molecule has 2 rings (SSSR count). The number of rotatable bonds is 2. The lowest BCUT2D eigenvalue weighted by Gasteiger charge is -2.08. The molecule has 0 bridgehead atoms. The van der Waals surface area contributed by atoms with Gasteiger partial charge in [0.2, 0.25) is 0 Å². The Labute approximate surface area is 94.3 Å². The molecular weight excluding hydrogens is 203 g/mol. The number of hydrogen-bond acceptors (Lipinski definition) is 2. The van der Waals surface area contributed by atoms with E-state index in [4.69, 9.17) is 5.73 Å². The molecule has 0 fully saturated rings. The highest BCUT2D eigenvalue weighted by molar-refractivity contribution is 5.84. The molecule has 0 unspecified atom stereocenters. The van der Waals surface area contributed by atoms with Gasteiger partial charge in [-0.25, -0.2) is 9.37 Å². The quantitative estimate of drug-likeness (QED) is 0.840. The summed E-state index contributed by atoms with van der Waals surface area (Å²) in [6.45, 7) is 3.82. The predicted octanol–water partition coefficient (Wildman–Crippen LogP) is 3.22. The zero-order valence-electron chi connectivity index (χ0n) is 9.55. The second kappa shape index (κ2) is 4.08. The summed E-state index contributed by atoms with van der Waals surface area (Å²) in [5, 5.41) is 0.955. The maximum absolute atomic E-state index is 13.3. The third-order valence-electron chi connectivity index (χ3n) is 2.81. The standard InChI is InChI=1S/C13H15FN2/c1-3-4-10-7-9-5-6-11(14)8(2)12(9)16-13(10)15/h5-7H,3-4H2,1-2H3,(H2,15,16). The third kappa shape index (κ3) is 1.73. The van der Waals surface area contributed by atoms with Crippen molar-refractivity contribution >= 4 is 16.7 Å². The summed E-state index contributed by atoms with van der Waals surface area (Å²) in [5.74, 6) is 0.283. The first-order chi connectivity index (χ1) is 7.63. The van der Waals surface area contributed by atoms with E-state index in [9.17, 15) is 4.39 Å². The first kappa shape index (κ1) is 10.9. The topological polar surface area (TPSA) is 38.9 Å². The number of pyridine rings is 1. The van der Waals surface area contributed by atoms with E-state index in [0.717, 1.165) is 23.8 Å². The molecule has 2 nitrogen and oxygen atoms in total.